The normalized spacial score (nSPS) is 23.0. The molecule has 6 nitrogen and oxygen atoms in total. The molecule has 2 aromatic heterocycles. The van der Waals surface area contributed by atoms with Gasteiger partial charge in [0.15, 0.2) is 6.10 Å². The number of pyridine rings is 1. The molecule has 1 aromatic carbocycles. The summed E-state index contributed by atoms with van der Waals surface area (Å²) >= 11 is 12.5. The van der Waals surface area contributed by atoms with Gasteiger partial charge in [-0.05, 0) is 43.2 Å². The van der Waals surface area contributed by atoms with Gasteiger partial charge in [0.05, 0.1) is 29.8 Å². The Kier molecular flexibility index (Phi) is 6.57. The van der Waals surface area contributed by atoms with Crippen LogP contribution in [0.1, 0.15) is 30.6 Å². The third kappa shape index (κ3) is 4.22. The highest BCUT2D eigenvalue weighted by molar-refractivity contribution is 6.36. The highest BCUT2D eigenvalue weighted by Crippen LogP contribution is 2.40. The summed E-state index contributed by atoms with van der Waals surface area (Å²) in [6, 6.07) is 6.37. The van der Waals surface area contributed by atoms with Gasteiger partial charge in [0.2, 0.25) is 6.41 Å². The van der Waals surface area contributed by atoms with Crippen LogP contribution in [-0.2, 0) is 14.9 Å². The maximum atomic E-state index is 14.1. The van der Waals surface area contributed by atoms with Gasteiger partial charge in [-0.2, -0.15) is 4.73 Å². The standard InChI is InChI=1S/C26H24Cl2FN3O3/c1-17(24-19(27)5-6-20(29)25(24)28)35-32-10-7-21-22(32)13-18(14-30-21)26(8-3-2-4-9-26)23-15-34-12-11-31(23)16-33/h2-8,10,13-14,16-17,23H,9,11-12,15H2,1H3. The summed E-state index contributed by atoms with van der Waals surface area (Å²) in [5.74, 6) is -0.559. The third-order valence-electron chi connectivity index (χ3n) is 6.79. The van der Waals surface area contributed by atoms with Crippen LogP contribution in [0.5, 0.6) is 0 Å². The number of fused-ring (bicyclic) bond motifs is 1. The van der Waals surface area contributed by atoms with Crippen LogP contribution in [-0.4, -0.2) is 46.8 Å². The van der Waals surface area contributed by atoms with E-state index >= 15 is 0 Å². The summed E-state index contributed by atoms with van der Waals surface area (Å²) in [4.78, 5) is 24.5. The molecule has 182 valence electrons. The minimum absolute atomic E-state index is 0.0652. The van der Waals surface area contributed by atoms with Crippen molar-refractivity contribution < 1.29 is 18.8 Å². The first-order valence-electron chi connectivity index (χ1n) is 11.4. The summed E-state index contributed by atoms with van der Waals surface area (Å²) in [7, 11) is 0. The van der Waals surface area contributed by atoms with E-state index in [4.69, 9.17) is 32.8 Å². The van der Waals surface area contributed by atoms with Gasteiger partial charge in [-0.15, -0.1) is 0 Å². The second-order valence-corrected chi connectivity index (χ2v) is 9.53. The lowest BCUT2D eigenvalue weighted by Gasteiger charge is -2.46. The number of carbonyl (C=O) groups is 1. The number of ether oxygens (including phenoxy) is 1. The number of nitrogens with zero attached hydrogens (tertiary/aromatic N) is 3. The molecule has 0 saturated carbocycles. The monoisotopic (exact) mass is 515 g/mol. The van der Waals surface area contributed by atoms with Gasteiger partial charge in [0.1, 0.15) is 11.3 Å². The molecule has 0 N–H and O–H groups in total. The number of halogens is 3. The Morgan fingerprint density at radius 2 is 2.17 bits per heavy atom. The molecule has 9 heteroatoms. The molecular weight excluding hydrogens is 492 g/mol. The zero-order valence-electron chi connectivity index (χ0n) is 19.0. The molecule has 0 radical (unpaired) electrons. The van der Waals surface area contributed by atoms with Crippen molar-refractivity contribution >= 4 is 40.6 Å². The van der Waals surface area contributed by atoms with Gasteiger partial charge in [-0.3, -0.25) is 9.78 Å². The number of benzene rings is 1. The Morgan fingerprint density at radius 3 is 2.94 bits per heavy atom. The average Bonchev–Trinajstić information content (AvgIpc) is 3.28. The van der Waals surface area contributed by atoms with Crippen molar-refractivity contribution in [3.05, 3.63) is 88.0 Å². The van der Waals surface area contributed by atoms with Crippen molar-refractivity contribution in [3.63, 3.8) is 0 Å². The molecular formula is C26H24Cl2FN3O3. The van der Waals surface area contributed by atoms with Gasteiger partial charge < -0.3 is 14.5 Å². The first-order chi connectivity index (χ1) is 16.9. The van der Waals surface area contributed by atoms with E-state index in [2.05, 4.69) is 17.1 Å². The first-order valence-corrected chi connectivity index (χ1v) is 12.1. The first kappa shape index (κ1) is 23.9. The number of aromatic nitrogens is 2. The fourth-order valence-corrected chi connectivity index (χ4v) is 5.63. The van der Waals surface area contributed by atoms with E-state index in [0.29, 0.717) is 36.8 Å². The summed E-state index contributed by atoms with van der Waals surface area (Å²) in [5, 5.41) is 0.258. The lowest BCUT2D eigenvalue weighted by Crippen LogP contribution is -2.56. The number of carbonyl (C=O) groups excluding carboxylic acids is 1. The third-order valence-corrected chi connectivity index (χ3v) is 7.51. The SMILES string of the molecule is CC(On1ccc2ncc(C3(C4COCCN4C=O)C=CC=CC3)cc21)c1c(Cl)ccc(F)c1Cl. The topological polar surface area (TPSA) is 56.6 Å². The van der Waals surface area contributed by atoms with Crippen LogP contribution in [0.15, 0.2) is 61.0 Å². The lowest BCUT2D eigenvalue weighted by atomic mass is 9.69. The van der Waals surface area contributed by atoms with Crippen LogP contribution in [0.2, 0.25) is 10.0 Å². The predicted molar refractivity (Wildman–Crippen MR) is 133 cm³/mol. The van der Waals surface area contributed by atoms with E-state index in [9.17, 15) is 9.18 Å². The van der Waals surface area contributed by atoms with E-state index in [1.54, 1.807) is 17.9 Å². The molecule has 1 aliphatic carbocycles. The van der Waals surface area contributed by atoms with Gasteiger partial charge in [-0.1, -0.05) is 47.5 Å². The lowest BCUT2D eigenvalue weighted by molar-refractivity contribution is -0.128. The van der Waals surface area contributed by atoms with Crippen molar-refractivity contribution in [3.8, 4) is 0 Å². The molecule has 3 heterocycles. The maximum Gasteiger partial charge on any atom is 0.210 e. The van der Waals surface area contributed by atoms with Crippen LogP contribution in [0.3, 0.4) is 0 Å². The van der Waals surface area contributed by atoms with Crippen molar-refractivity contribution in [2.75, 3.05) is 19.8 Å². The molecule has 35 heavy (non-hydrogen) atoms. The van der Waals surface area contributed by atoms with Crippen LogP contribution in [0.25, 0.3) is 11.0 Å². The molecule has 3 atom stereocenters. The maximum absolute atomic E-state index is 14.1. The second kappa shape index (κ2) is 9.64. The Balaban J connectivity index is 1.55. The Bertz CT molecular complexity index is 1320. The number of allylic oxidation sites excluding steroid dienone is 3. The molecule has 3 unspecified atom stereocenters. The van der Waals surface area contributed by atoms with Crippen molar-refractivity contribution in [2.45, 2.75) is 30.9 Å². The number of morpholine rings is 1. The molecule has 2 aliphatic rings. The largest absolute Gasteiger partial charge is 0.406 e. The molecule has 1 aliphatic heterocycles. The van der Waals surface area contributed by atoms with Crippen LogP contribution < -0.4 is 4.84 Å². The van der Waals surface area contributed by atoms with Crippen molar-refractivity contribution in [1.29, 1.82) is 0 Å². The average molecular weight is 516 g/mol. The molecule has 3 aromatic rings. The summed E-state index contributed by atoms with van der Waals surface area (Å²) in [5.41, 5.74) is 2.26. The quantitative estimate of drug-likeness (QED) is 0.331. The van der Waals surface area contributed by atoms with E-state index in [1.165, 1.54) is 12.1 Å². The highest BCUT2D eigenvalue weighted by atomic mass is 35.5. The molecule has 0 bridgehead atoms. The van der Waals surface area contributed by atoms with E-state index in [-0.39, 0.29) is 11.1 Å². The number of amides is 1. The molecule has 1 amide bonds. The van der Waals surface area contributed by atoms with Crippen LogP contribution in [0.4, 0.5) is 4.39 Å². The van der Waals surface area contributed by atoms with Gasteiger partial charge in [0, 0.05) is 34.9 Å². The highest BCUT2D eigenvalue weighted by Gasteiger charge is 2.43. The van der Waals surface area contributed by atoms with Crippen molar-refractivity contribution in [2.24, 2.45) is 0 Å². The fourth-order valence-electron chi connectivity index (χ4n) is 4.95. The number of hydrogen-bond acceptors (Lipinski definition) is 4. The van der Waals surface area contributed by atoms with E-state index in [0.717, 1.165) is 23.0 Å². The van der Waals surface area contributed by atoms with Gasteiger partial charge in [-0.25, -0.2) is 4.39 Å². The van der Waals surface area contributed by atoms with E-state index < -0.39 is 17.3 Å². The van der Waals surface area contributed by atoms with Crippen molar-refractivity contribution in [1.82, 2.24) is 14.6 Å². The minimum Gasteiger partial charge on any atom is -0.406 e. The van der Waals surface area contributed by atoms with Crippen LogP contribution in [0, 0.1) is 5.82 Å². The predicted octanol–water partition coefficient (Wildman–Crippen LogP) is 5.28. The molecule has 1 fully saturated rings. The second-order valence-electron chi connectivity index (χ2n) is 8.74. The van der Waals surface area contributed by atoms with E-state index in [1.807, 2.05) is 35.4 Å². The zero-order chi connectivity index (χ0) is 24.6. The summed E-state index contributed by atoms with van der Waals surface area (Å²) in [6.07, 6.45) is 12.8. The summed E-state index contributed by atoms with van der Waals surface area (Å²) < 4.78 is 21.5. The molecule has 5 rings (SSSR count). The zero-order valence-corrected chi connectivity index (χ0v) is 20.5. The Labute approximate surface area is 212 Å². The number of rotatable bonds is 6. The Morgan fingerprint density at radius 1 is 1.31 bits per heavy atom. The molecule has 0 spiro atoms. The van der Waals surface area contributed by atoms with Crippen LogP contribution >= 0.6 is 23.2 Å². The molecule has 1 saturated heterocycles. The Hall–Kier alpha value is -2.87. The summed E-state index contributed by atoms with van der Waals surface area (Å²) in [6.45, 7) is 3.24. The number of hydrogen-bond donors (Lipinski definition) is 0. The minimum atomic E-state index is -0.631. The van der Waals surface area contributed by atoms with Gasteiger partial charge >= 0.3 is 0 Å². The smallest absolute Gasteiger partial charge is 0.210 e. The van der Waals surface area contributed by atoms with Gasteiger partial charge in [0.25, 0.3) is 0 Å². The fraction of sp³-hybridized carbons (Fsp3) is 0.308.